The van der Waals surface area contributed by atoms with E-state index in [1.807, 2.05) is 0 Å². The van der Waals surface area contributed by atoms with Gasteiger partial charge in [0, 0.05) is 11.3 Å². The Kier molecular flexibility index (Phi) is 5.70. The summed E-state index contributed by atoms with van der Waals surface area (Å²) in [5.74, 6) is -3.77. The fourth-order valence-electron chi connectivity index (χ4n) is 10.4. The van der Waals surface area contributed by atoms with Gasteiger partial charge in [0.25, 0.3) is 0 Å². The van der Waals surface area contributed by atoms with Crippen molar-refractivity contribution in [2.75, 3.05) is 0 Å². The number of halogens is 3. The summed E-state index contributed by atoms with van der Waals surface area (Å²) in [5, 5.41) is 10.2. The van der Waals surface area contributed by atoms with Gasteiger partial charge in [0.05, 0.1) is 5.57 Å². The number of carboxylic acid groups (broad SMARTS) is 1. The van der Waals surface area contributed by atoms with E-state index in [2.05, 4.69) is 34.6 Å². The number of hydrogen-bond acceptors (Lipinski definition) is 3. The Morgan fingerprint density at radius 3 is 2.18 bits per heavy atom. The Hall–Kier alpha value is -1.92. The summed E-state index contributed by atoms with van der Waals surface area (Å²) in [6, 6.07) is 0. The van der Waals surface area contributed by atoms with Crippen molar-refractivity contribution >= 4 is 17.5 Å². The highest BCUT2D eigenvalue weighted by molar-refractivity contribution is 6.13. The minimum absolute atomic E-state index is 0.0876. The Labute approximate surface area is 223 Å². The lowest BCUT2D eigenvalue weighted by molar-refractivity contribution is -0.187. The van der Waals surface area contributed by atoms with Crippen LogP contribution in [0.2, 0.25) is 0 Å². The van der Waals surface area contributed by atoms with Crippen LogP contribution >= 0.6 is 0 Å². The fourth-order valence-corrected chi connectivity index (χ4v) is 10.4. The maximum Gasteiger partial charge on any atom is 0.419 e. The molecule has 3 fully saturated rings. The monoisotopic (exact) mass is 534 g/mol. The number of carbonyl (C=O) groups excluding carboxylic acids is 2. The van der Waals surface area contributed by atoms with Crippen LogP contribution in [0.3, 0.4) is 0 Å². The van der Waals surface area contributed by atoms with Gasteiger partial charge >= 0.3 is 12.1 Å². The first-order valence-electron chi connectivity index (χ1n) is 14.1. The molecule has 1 N–H and O–H groups in total. The van der Waals surface area contributed by atoms with Crippen LogP contribution in [0.1, 0.15) is 87.0 Å². The normalized spacial score (nSPS) is 50.6. The summed E-state index contributed by atoms with van der Waals surface area (Å²) < 4.78 is 42.6. The zero-order valence-corrected chi connectivity index (χ0v) is 23.6. The number of rotatable bonds is 1. The first-order chi connectivity index (χ1) is 17.3. The zero-order chi connectivity index (χ0) is 28.4. The van der Waals surface area contributed by atoms with Crippen LogP contribution in [0.25, 0.3) is 0 Å². The third-order valence-corrected chi connectivity index (χ3v) is 12.9. The molecule has 0 spiro atoms. The van der Waals surface area contributed by atoms with Crippen molar-refractivity contribution in [3.05, 3.63) is 23.3 Å². The Bertz CT molecular complexity index is 1180. The molecular weight excluding hydrogens is 493 g/mol. The summed E-state index contributed by atoms with van der Waals surface area (Å²) in [5.41, 5.74) is -4.92. The van der Waals surface area contributed by atoms with E-state index < -0.39 is 57.0 Å². The first-order valence-corrected chi connectivity index (χ1v) is 14.1. The van der Waals surface area contributed by atoms with Gasteiger partial charge in [-0.25, -0.2) is 0 Å². The van der Waals surface area contributed by atoms with Gasteiger partial charge in [-0.3, -0.25) is 14.4 Å². The van der Waals surface area contributed by atoms with Crippen molar-refractivity contribution in [2.24, 2.45) is 56.7 Å². The second-order valence-electron chi connectivity index (χ2n) is 14.5. The summed E-state index contributed by atoms with van der Waals surface area (Å²) in [6.45, 7) is 13.9. The molecule has 0 amide bonds. The van der Waals surface area contributed by atoms with Crippen molar-refractivity contribution in [1.29, 1.82) is 0 Å². The molecule has 4 nitrogen and oxygen atoms in total. The Balaban J connectivity index is 1.74. The lowest BCUT2D eigenvalue weighted by Crippen LogP contribution is -2.67. The highest BCUT2D eigenvalue weighted by Crippen LogP contribution is 2.74. The molecule has 0 aliphatic heterocycles. The van der Waals surface area contributed by atoms with E-state index in [0.29, 0.717) is 18.3 Å². The van der Waals surface area contributed by atoms with Crippen molar-refractivity contribution in [2.45, 2.75) is 93.2 Å². The number of Topliss-reactive ketones (excluding diaryl/α,β-unsaturated/α-hetero) is 1. The van der Waals surface area contributed by atoms with E-state index in [0.717, 1.165) is 44.3 Å². The van der Waals surface area contributed by atoms with E-state index in [1.165, 1.54) is 0 Å². The number of allylic oxidation sites excluding steroid dienone is 4. The quantitative estimate of drug-likeness (QED) is 0.362. The van der Waals surface area contributed by atoms with Crippen LogP contribution < -0.4 is 0 Å². The number of alkyl halides is 3. The van der Waals surface area contributed by atoms with Gasteiger partial charge in [0.1, 0.15) is 5.41 Å². The molecule has 3 saturated carbocycles. The molecule has 0 aromatic heterocycles. The molecular formula is C31H41F3O4. The topological polar surface area (TPSA) is 71.4 Å². The molecule has 0 heterocycles. The maximum absolute atomic E-state index is 14.3. The largest absolute Gasteiger partial charge is 0.480 e. The third-order valence-electron chi connectivity index (χ3n) is 12.9. The Morgan fingerprint density at radius 2 is 1.61 bits per heavy atom. The molecule has 0 unspecified atom stereocenters. The standard InChI is InChI=1S/C31H41F3O4/c1-16-8-10-26(3)12-13-28(5)18(22(26)17(16)2)14-20(35)23-27(4)15-19(31(32,33)34)24(36)30(7,25(37)38)21(27)9-11-29(23,28)6/h14-17,21-23H,8-13H2,1-7H3,(H,37,38)/t16-,17+,21-,22+,23-,26-,27+,28-,29-,30-/m1/s1. The van der Waals surface area contributed by atoms with Gasteiger partial charge in [-0.05, 0) is 91.4 Å². The molecule has 7 heteroatoms. The SMILES string of the molecule is C[C@H]1[C@H](C)CC[C@]2(C)CC[C@]3(C)C(=CC(=O)[C@@H]4[C@@]5(C)C=C(C(F)(F)F)C(=O)[C@](C)(C(=O)O)[C@@H]5CC[C@]43C)[C@H]12. The number of aliphatic carboxylic acids is 1. The molecule has 0 saturated heterocycles. The first kappa shape index (κ1) is 27.6. The van der Waals surface area contributed by atoms with E-state index in [9.17, 15) is 32.7 Å². The predicted molar refractivity (Wildman–Crippen MR) is 137 cm³/mol. The number of fused-ring (bicyclic) bond motifs is 7. The van der Waals surface area contributed by atoms with Gasteiger partial charge in [0.15, 0.2) is 11.6 Å². The van der Waals surface area contributed by atoms with Crippen LogP contribution in [0, 0.1) is 56.7 Å². The molecule has 10 atom stereocenters. The molecule has 0 bridgehead atoms. The van der Waals surface area contributed by atoms with Gasteiger partial charge in [-0.2, -0.15) is 13.2 Å². The van der Waals surface area contributed by atoms with Crippen LogP contribution in [0.15, 0.2) is 23.3 Å². The number of hydrogen-bond donors (Lipinski definition) is 1. The smallest absolute Gasteiger partial charge is 0.419 e. The Morgan fingerprint density at radius 1 is 0.974 bits per heavy atom. The summed E-state index contributed by atoms with van der Waals surface area (Å²) >= 11 is 0. The number of carbonyl (C=O) groups is 3. The van der Waals surface area contributed by atoms with E-state index in [1.54, 1.807) is 13.0 Å². The molecule has 0 radical (unpaired) electrons. The van der Waals surface area contributed by atoms with Gasteiger partial charge in [0.2, 0.25) is 0 Å². The van der Waals surface area contributed by atoms with E-state index in [4.69, 9.17) is 0 Å². The van der Waals surface area contributed by atoms with Gasteiger partial charge < -0.3 is 5.11 Å². The molecule has 210 valence electrons. The van der Waals surface area contributed by atoms with Crippen LogP contribution in [0.4, 0.5) is 13.2 Å². The van der Waals surface area contributed by atoms with Gasteiger partial charge in [-0.15, -0.1) is 0 Å². The number of carboxylic acids is 1. The minimum Gasteiger partial charge on any atom is -0.480 e. The molecule has 5 aliphatic rings. The molecule has 38 heavy (non-hydrogen) atoms. The third kappa shape index (κ3) is 3.13. The number of ketones is 2. The summed E-state index contributed by atoms with van der Waals surface area (Å²) in [4.78, 5) is 39.9. The predicted octanol–water partition coefficient (Wildman–Crippen LogP) is 7.19. The molecule has 0 aromatic rings. The fraction of sp³-hybridized carbons (Fsp3) is 0.774. The summed E-state index contributed by atoms with van der Waals surface area (Å²) in [6.07, 6.45) is 2.57. The molecule has 5 rings (SSSR count). The van der Waals surface area contributed by atoms with E-state index >= 15 is 0 Å². The average molecular weight is 535 g/mol. The van der Waals surface area contributed by atoms with Crippen molar-refractivity contribution < 1.29 is 32.7 Å². The second kappa shape index (κ2) is 7.84. The minimum atomic E-state index is -5.00. The highest BCUT2D eigenvalue weighted by atomic mass is 19.4. The van der Waals surface area contributed by atoms with Crippen molar-refractivity contribution in [1.82, 2.24) is 0 Å². The van der Waals surface area contributed by atoms with Crippen molar-refractivity contribution in [3.63, 3.8) is 0 Å². The molecule has 0 aromatic carbocycles. The maximum atomic E-state index is 14.3. The van der Waals surface area contributed by atoms with Crippen molar-refractivity contribution in [3.8, 4) is 0 Å². The van der Waals surface area contributed by atoms with Crippen LogP contribution in [-0.4, -0.2) is 28.8 Å². The average Bonchev–Trinajstić information content (AvgIpc) is 2.79. The lowest BCUT2D eigenvalue weighted by Gasteiger charge is -2.69. The lowest BCUT2D eigenvalue weighted by atomic mass is 9.33. The van der Waals surface area contributed by atoms with Crippen LogP contribution in [0.5, 0.6) is 0 Å². The molecule has 5 aliphatic carbocycles. The van der Waals surface area contributed by atoms with Gasteiger partial charge in [-0.1, -0.05) is 53.2 Å². The second-order valence-corrected chi connectivity index (χ2v) is 14.5. The van der Waals surface area contributed by atoms with E-state index in [-0.39, 0.29) is 23.5 Å². The zero-order valence-electron chi connectivity index (χ0n) is 23.6. The highest BCUT2D eigenvalue weighted by Gasteiger charge is 2.73. The summed E-state index contributed by atoms with van der Waals surface area (Å²) in [7, 11) is 0. The van der Waals surface area contributed by atoms with Crippen LogP contribution in [-0.2, 0) is 14.4 Å².